The van der Waals surface area contributed by atoms with Crippen LogP contribution in [0.5, 0.6) is 5.75 Å². The zero-order valence-corrected chi connectivity index (χ0v) is 19.1. The van der Waals surface area contributed by atoms with Gasteiger partial charge in [-0.2, -0.15) is 0 Å². The second kappa shape index (κ2) is 10.8. The number of rotatable bonds is 7. The van der Waals surface area contributed by atoms with Crippen molar-refractivity contribution in [1.29, 1.82) is 0 Å². The average molecular weight is 476 g/mol. The van der Waals surface area contributed by atoms with Gasteiger partial charge in [0.05, 0.1) is 11.7 Å². The van der Waals surface area contributed by atoms with E-state index in [1.165, 1.54) is 0 Å². The standard InChI is InChI=1S/C22H26BrN3O4/c1-13(2)30-19-8-6-16(23)12-18(19)22(29)26-25-21(28)10-9-20(27)24-17-7-5-14(3)15(4)11-17/h5-8,11-13H,9-10H2,1-4H3,(H,24,27)(H,25,28)(H,26,29). The predicted octanol–water partition coefficient (Wildman–Crippen LogP) is 4.03. The Morgan fingerprint density at radius 3 is 2.30 bits per heavy atom. The summed E-state index contributed by atoms with van der Waals surface area (Å²) in [5, 5.41) is 2.76. The van der Waals surface area contributed by atoms with Crippen LogP contribution in [0.2, 0.25) is 0 Å². The molecule has 0 aliphatic heterocycles. The Hall–Kier alpha value is -2.87. The summed E-state index contributed by atoms with van der Waals surface area (Å²) in [6, 6.07) is 10.7. The lowest BCUT2D eigenvalue weighted by molar-refractivity contribution is -0.124. The van der Waals surface area contributed by atoms with Gasteiger partial charge >= 0.3 is 0 Å². The molecule has 0 saturated carbocycles. The minimum absolute atomic E-state index is 0.00672. The van der Waals surface area contributed by atoms with Crippen molar-refractivity contribution >= 4 is 39.3 Å². The Labute approximate surface area is 184 Å². The van der Waals surface area contributed by atoms with Gasteiger partial charge in [-0.3, -0.25) is 25.2 Å². The maximum atomic E-state index is 12.4. The SMILES string of the molecule is Cc1ccc(NC(=O)CCC(=O)NNC(=O)c2cc(Br)ccc2OC(C)C)cc1C. The summed E-state index contributed by atoms with van der Waals surface area (Å²) in [5.74, 6) is -0.855. The van der Waals surface area contributed by atoms with Crippen LogP contribution in [0, 0.1) is 13.8 Å². The van der Waals surface area contributed by atoms with Gasteiger partial charge in [0.1, 0.15) is 5.75 Å². The van der Waals surface area contributed by atoms with E-state index in [-0.39, 0.29) is 30.4 Å². The van der Waals surface area contributed by atoms with Crippen LogP contribution in [-0.2, 0) is 9.59 Å². The lowest BCUT2D eigenvalue weighted by Gasteiger charge is -2.15. The second-order valence-electron chi connectivity index (χ2n) is 7.16. The third kappa shape index (κ3) is 7.18. The smallest absolute Gasteiger partial charge is 0.273 e. The van der Waals surface area contributed by atoms with Crippen LogP contribution in [0.4, 0.5) is 5.69 Å². The zero-order valence-electron chi connectivity index (χ0n) is 17.5. The van der Waals surface area contributed by atoms with E-state index in [1.807, 2.05) is 45.9 Å². The largest absolute Gasteiger partial charge is 0.490 e. The van der Waals surface area contributed by atoms with Crippen molar-refractivity contribution in [3.63, 3.8) is 0 Å². The number of anilines is 1. The van der Waals surface area contributed by atoms with Crippen LogP contribution in [0.15, 0.2) is 40.9 Å². The Balaban J connectivity index is 1.84. The summed E-state index contributed by atoms with van der Waals surface area (Å²) in [4.78, 5) is 36.5. The van der Waals surface area contributed by atoms with E-state index < -0.39 is 11.8 Å². The molecule has 8 heteroatoms. The lowest BCUT2D eigenvalue weighted by atomic mass is 10.1. The molecular weight excluding hydrogens is 450 g/mol. The van der Waals surface area contributed by atoms with Gasteiger partial charge < -0.3 is 10.1 Å². The number of hydrogen-bond donors (Lipinski definition) is 3. The molecule has 0 saturated heterocycles. The highest BCUT2D eigenvalue weighted by Crippen LogP contribution is 2.24. The van der Waals surface area contributed by atoms with E-state index in [1.54, 1.807) is 18.2 Å². The number of carbonyl (C=O) groups is 3. The van der Waals surface area contributed by atoms with Gasteiger partial charge in [0, 0.05) is 23.0 Å². The summed E-state index contributed by atoms with van der Waals surface area (Å²) in [6.45, 7) is 7.67. The molecule has 0 heterocycles. The zero-order chi connectivity index (χ0) is 22.3. The number of amides is 3. The van der Waals surface area contributed by atoms with Crippen molar-refractivity contribution < 1.29 is 19.1 Å². The molecule has 3 amide bonds. The van der Waals surface area contributed by atoms with Gasteiger partial charge in [-0.05, 0) is 69.2 Å². The molecule has 3 N–H and O–H groups in total. The Morgan fingerprint density at radius 2 is 1.63 bits per heavy atom. The molecular formula is C22H26BrN3O4. The van der Waals surface area contributed by atoms with E-state index >= 15 is 0 Å². The van der Waals surface area contributed by atoms with Gasteiger partial charge in [0.15, 0.2) is 0 Å². The first-order chi connectivity index (χ1) is 14.2. The van der Waals surface area contributed by atoms with Gasteiger partial charge in [0.25, 0.3) is 5.91 Å². The fraction of sp³-hybridized carbons (Fsp3) is 0.318. The fourth-order valence-corrected chi connectivity index (χ4v) is 2.92. The van der Waals surface area contributed by atoms with E-state index in [0.717, 1.165) is 11.1 Å². The molecule has 0 spiro atoms. The number of benzene rings is 2. The van der Waals surface area contributed by atoms with Crippen LogP contribution >= 0.6 is 15.9 Å². The highest BCUT2D eigenvalue weighted by molar-refractivity contribution is 9.10. The molecule has 30 heavy (non-hydrogen) atoms. The van der Waals surface area contributed by atoms with Crippen molar-refractivity contribution in [3.05, 3.63) is 57.6 Å². The van der Waals surface area contributed by atoms with Crippen molar-refractivity contribution in [3.8, 4) is 5.75 Å². The van der Waals surface area contributed by atoms with Gasteiger partial charge in [0.2, 0.25) is 11.8 Å². The third-order valence-electron chi connectivity index (χ3n) is 4.23. The first kappa shape index (κ1) is 23.4. The maximum absolute atomic E-state index is 12.4. The molecule has 2 aromatic carbocycles. The number of ether oxygens (including phenoxy) is 1. The number of carbonyl (C=O) groups excluding carboxylic acids is 3. The predicted molar refractivity (Wildman–Crippen MR) is 119 cm³/mol. The second-order valence-corrected chi connectivity index (χ2v) is 8.07. The van der Waals surface area contributed by atoms with Crippen molar-refractivity contribution in [2.24, 2.45) is 0 Å². The molecule has 0 atom stereocenters. The monoisotopic (exact) mass is 475 g/mol. The third-order valence-corrected chi connectivity index (χ3v) is 4.73. The van der Waals surface area contributed by atoms with Gasteiger partial charge in [-0.15, -0.1) is 0 Å². The molecule has 0 fully saturated rings. The number of halogens is 1. The molecule has 0 aromatic heterocycles. The average Bonchev–Trinajstić information content (AvgIpc) is 2.68. The molecule has 0 aliphatic rings. The first-order valence-electron chi connectivity index (χ1n) is 9.58. The summed E-state index contributed by atoms with van der Waals surface area (Å²) in [6.07, 6.45) is -0.180. The molecule has 0 aliphatic carbocycles. The highest BCUT2D eigenvalue weighted by atomic mass is 79.9. The van der Waals surface area contributed by atoms with Crippen LogP contribution in [0.1, 0.15) is 48.2 Å². The van der Waals surface area contributed by atoms with Crippen molar-refractivity contribution in [2.75, 3.05) is 5.32 Å². The van der Waals surface area contributed by atoms with Gasteiger partial charge in [-0.25, -0.2) is 0 Å². The van der Waals surface area contributed by atoms with Crippen LogP contribution in [0.3, 0.4) is 0 Å². The summed E-state index contributed by atoms with van der Waals surface area (Å²) >= 11 is 3.32. The fourth-order valence-electron chi connectivity index (χ4n) is 2.56. The molecule has 0 radical (unpaired) electrons. The quantitative estimate of drug-likeness (QED) is 0.526. The number of aryl methyl sites for hydroxylation is 2. The normalized spacial score (nSPS) is 10.5. The van der Waals surface area contributed by atoms with Crippen molar-refractivity contribution in [2.45, 2.75) is 46.6 Å². The molecule has 2 aromatic rings. The van der Waals surface area contributed by atoms with Crippen LogP contribution in [0.25, 0.3) is 0 Å². The van der Waals surface area contributed by atoms with Gasteiger partial charge in [-0.1, -0.05) is 22.0 Å². The van der Waals surface area contributed by atoms with E-state index in [2.05, 4.69) is 32.1 Å². The summed E-state index contributed by atoms with van der Waals surface area (Å²) in [7, 11) is 0. The number of nitrogens with one attached hydrogen (secondary N) is 3. The molecule has 7 nitrogen and oxygen atoms in total. The van der Waals surface area contributed by atoms with E-state index in [4.69, 9.17) is 4.74 Å². The van der Waals surface area contributed by atoms with E-state index in [0.29, 0.717) is 15.9 Å². The number of hydrogen-bond acceptors (Lipinski definition) is 4. The molecule has 2 rings (SSSR count). The number of hydrazine groups is 1. The Bertz CT molecular complexity index is 944. The maximum Gasteiger partial charge on any atom is 0.273 e. The minimum atomic E-state index is -0.514. The topological polar surface area (TPSA) is 96.5 Å². The van der Waals surface area contributed by atoms with Crippen LogP contribution in [-0.4, -0.2) is 23.8 Å². The summed E-state index contributed by atoms with van der Waals surface area (Å²) in [5.41, 5.74) is 7.86. The lowest BCUT2D eigenvalue weighted by Crippen LogP contribution is -2.42. The Kier molecular flexibility index (Phi) is 8.41. The molecule has 160 valence electrons. The van der Waals surface area contributed by atoms with Crippen LogP contribution < -0.4 is 20.9 Å². The highest BCUT2D eigenvalue weighted by Gasteiger charge is 2.15. The first-order valence-corrected chi connectivity index (χ1v) is 10.4. The minimum Gasteiger partial charge on any atom is -0.490 e. The molecule has 0 bridgehead atoms. The van der Waals surface area contributed by atoms with Crippen molar-refractivity contribution in [1.82, 2.24) is 10.9 Å². The molecule has 0 unspecified atom stereocenters. The summed E-state index contributed by atoms with van der Waals surface area (Å²) < 4.78 is 6.34. The van der Waals surface area contributed by atoms with E-state index in [9.17, 15) is 14.4 Å². The Morgan fingerprint density at radius 1 is 0.933 bits per heavy atom.